The second-order valence-electron chi connectivity index (χ2n) is 4.11. The summed E-state index contributed by atoms with van der Waals surface area (Å²) in [6, 6.07) is 3.10. The van der Waals surface area contributed by atoms with Gasteiger partial charge in [0.05, 0.1) is 20.3 Å². The van der Waals surface area contributed by atoms with Gasteiger partial charge in [-0.2, -0.15) is 0 Å². The standard InChI is InChI=1S/C12H18O5S/c1-8(13)7-9-5-6-10(18(4,14)15)12(17-3)11(9)16-2/h5-6,8,13H,7H2,1-4H3. The van der Waals surface area contributed by atoms with Crippen LogP contribution in [0.5, 0.6) is 11.5 Å². The summed E-state index contributed by atoms with van der Waals surface area (Å²) in [6.07, 6.45) is 0.926. The number of aliphatic hydroxyl groups excluding tert-OH is 1. The first-order chi connectivity index (χ1) is 8.31. The van der Waals surface area contributed by atoms with Crippen LogP contribution < -0.4 is 9.47 Å². The minimum absolute atomic E-state index is 0.0798. The molecule has 0 bridgehead atoms. The molecule has 0 spiro atoms. The van der Waals surface area contributed by atoms with Gasteiger partial charge in [0.2, 0.25) is 0 Å². The normalized spacial score (nSPS) is 13.2. The van der Waals surface area contributed by atoms with Crippen molar-refractivity contribution in [2.75, 3.05) is 20.5 Å². The van der Waals surface area contributed by atoms with Gasteiger partial charge in [-0.3, -0.25) is 0 Å². The van der Waals surface area contributed by atoms with Gasteiger partial charge in [0.15, 0.2) is 21.3 Å². The van der Waals surface area contributed by atoms with E-state index in [1.807, 2.05) is 0 Å². The zero-order chi connectivity index (χ0) is 13.9. The Kier molecular flexibility index (Phi) is 4.59. The van der Waals surface area contributed by atoms with E-state index >= 15 is 0 Å². The third-order valence-electron chi connectivity index (χ3n) is 2.48. The molecule has 1 N–H and O–H groups in total. The minimum Gasteiger partial charge on any atom is -0.493 e. The fraction of sp³-hybridized carbons (Fsp3) is 0.500. The Morgan fingerprint density at radius 1 is 1.22 bits per heavy atom. The predicted octanol–water partition coefficient (Wildman–Crippen LogP) is 1.03. The van der Waals surface area contributed by atoms with E-state index in [-0.39, 0.29) is 10.6 Å². The molecule has 0 aliphatic carbocycles. The number of sulfone groups is 1. The van der Waals surface area contributed by atoms with Crippen LogP contribution in [0.2, 0.25) is 0 Å². The zero-order valence-corrected chi connectivity index (χ0v) is 11.7. The molecule has 102 valence electrons. The van der Waals surface area contributed by atoms with Crippen LogP contribution in [0, 0.1) is 0 Å². The molecule has 18 heavy (non-hydrogen) atoms. The molecule has 5 nitrogen and oxygen atoms in total. The summed E-state index contributed by atoms with van der Waals surface area (Å²) in [6.45, 7) is 1.65. The highest BCUT2D eigenvalue weighted by atomic mass is 32.2. The molecule has 0 aromatic heterocycles. The summed E-state index contributed by atoms with van der Waals surface area (Å²) in [5.74, 6) is 0.527. The maximum atomic E-state index is 11.6. The number of hydrogen-bond acceptors (Lipinski definition) is 5. The molecule has 1 atom stereocenters. The summed E-state index contributed by atoms with van der Waals surface area (Å²) in [7, 11) is -0.563. The van der Waals surface area contributed by atoms with E-state index in [9.17, 15) is 13.5 Å². The summed E-state index contributed by atoms with van der Waals surface area (Å²) < 4.78 is 33.6. The van der Waals surface area contributed by atoms with Crippen molar-refractivity contribution < 1.29 is 23.0 Å². The van der Waals surface area contributed by atoms with E-state index in [0.29, 0.717) is 17.7 Å². The van der Waals surface area contributed by atoms with Gasteiger partial charge >= 0.3 is 0 Å². The summed E-state index contributed by atoms with van der Waals surface area (Å²) in [4.78, 5) is 0.0798. The van der Waals surface area contributed by atoms with E-state index in [0.717, 1.165) is 6.26 Å². The Morgan fingerprint density at radius 2 is 1.78 bits per heavy atom. The number of hydrogen-bond donors (Lipinski definition) is 1. The van der Waals surface area contributed by atoms with Gasteiger partial charge < -0.3 is 14.6 Å². The number of ether oxygens (including phenoxy) is 2. The maximum Gasteiger partial charge on any atom is 0.179 e. The van der Waals surface area contributed by atoms with Crippen molar-refractivity contribution in [1.82, 2.24) is 0 Å². The van der Waals surface area contributed by atoms with Gasteiger partial charge in [-0.1, -0.05) is 6.07 Å². The highest BCUT2D eigenvalue weighted by Crippen LogP contribution is 2.37. The largest absolute Gasteiger partial charge is 0.493 e. The number of aliphatic hydroxyl groups is 1. The van der Waals surface area contributed by atoms with Crippen LogP contribution in [0.3, 0.4) is 0 Å². The molecular formula is C12H18O5S. The average molecular weight is 274 g/mol. The SMILES string of the molecule is COc1c(CC(C)O)ccc(S(C)(=O)=O)c1OC. The van der Waals surface area contributed by atoms with E-state index in [2.05, 4.69) is 0 Å². The number of methoxy groups -OCH3 is 2. The first-order valence-corrected chi connectivity index (χ1v) is 7.32. The van der Waals surface area contributed by atoms with E-state index in [4.69, 9.17) is 9.47 Å². The topological polar surface area (TPSA) is 72.8 Å². The lowest BCUT2D eigenvalue weighted by atomic mass is 10.1. The number of rotatable bonds is 5. The van der Waals surface area contributed by atoms with Crippen LogP contribution in [0.1, 0.15) is 12.5 Å². The molecule has 1 aromatic rings. The van der Waals surface area contributed by atoms with Crippen LogP contribution >= 0.6 is 0 Å². The molecule has 0 fully saturated rings. The van der Waals surface area contributed by atoms with Crippen molar-refractivity contribution in [3.63, 3.8) is 0 Å². The Bertz CT molecular complexity index is 520. The molecule has 0 saturated heterocycles. The Hall–Kier alpha value is -1.27. The highest BCUT2D eigenvalue weighted by Gasteiger charge is 2.21. The fourth-order valence-electron chi connectivity index (χ4n) is 1.77. The van der Waals surface area contributed by atoms with Crippen molar-refractivity contribution in [1.29, 1.82) is 0 Å². The predicted molar refractivity (Wildman–Crippen MR) is 68.0 cm³/mol. The maximum absolute atomic E-state index is 11.6. The summed E-state index contributed by atoms with van der Waals surface area (Å²) in [5.41, 5.74) is 0.705. The van der Waals surface area contributed by atoms with Gasteiger partial charge in [0, 0.05) is 18.2 Å². The molecule has 1 unspecified atom stereocenters. The zero-order valence-electron chi connectivity index (χ0n) is 10.9. The van der Waals surface area contributed by atoms with Gasteiger partial charge in [0.1, 0.15) is 4.90 Å². The molecule has 0 aliphatic heterocycles. The third kappa shape index (κ3) is 3.14. The molecule has 0 saturated carbocycles. The molecular weight excluding hydrogens is 256 g/mol. The summed E-state index contributed by atoms with van der Waals surface area (Å²) in [5, 5.41) is 9.40. The highest BCUT2D eigenvalue weighted by molar-refractivity contribution is 7.90. The molecule has 1 aromatic carbocycles. The van der Waals surface area contributed by atoms with E-state index in [1.54, 1.807) is 13.0 Å². The quantitative estimate of drug-likeness (QED) is 0.868. The van der Waals surface area contributed by atoms with Crippen LogP contribution in [-0.4, -0.2) is 40.1 Å². The summed E-state index contributed by atoms with van der Waals surface area (Å²) >= 11 is 0. The molecule has 1 rings (SSSR count). The molecule has 6 heteroatoms. The first-order valence-electron chi connectivity index (χ1n) is 5.43. The van der Waals surface area contributed by atoms with Crippen LogP contribution in [0.15, 0.2) is 17.0 Å². The van der Waals surface area contributed by atoms with Crippen LogP contribution in [-0.2, 0) is 16.3 Å². The van der Waals surface area contributed by atoms with Gasteiger partial charge in [-0.15, -0.1) is 0 Å². The first kappa shape index (κ1) is 14.8. The van der Waals surface area contributed by atoms with E-state index < -0.39 is 15.9 Å². The lowest BCUT2D eigenvalue weighted by Gasteiger charge is -2.16. The molecule has 0 heterocycles. The third-order valence-corrected chi connectivity index (χ3v) is 3.60. The van der Waals surface area contributed by atoms with Gasteiger partial charge in [-0.25, -0.2) is 8.42 Å². The minimum atomic E-state index is -3.39. The van der Waals surface area contributed by atoms with E-state index in [1.165, 1.54) is 20.3 Å². The van der Waals surface area contributed by atoms with Crippen molar-refractivity contribution in [2.45, 2.75) is 24.3 Å². The lowest BCUT2D eigenvalue weighted by Crippen LogP contribution is -2.09. The second-order valence-corrected chi connectivity index (χ2v) is 6.10. The van der Waals surface area contributed by atoms with Crippen molar-refractivity contribution in [2.24, 2.45) is 0 Å². The number of benzene rings is 1. The lowest BCUT2D eigenvalue weighted by molar-refractivity contribution is 0.193. The molecule has 0 radical (unpaired) electrons. The van der Waals surface area contributed by atoms with Gasteiger partial charge in [0.25, 0.3) is 0 Å². The van der Waals surface area contributed by atoms with Crippen LogP contribution in [0.4, 0.5) is 0 Å². The van der Waals surface area contributed by atoms with Crippen LogP contribution in [0.25, 0.3) is 0 Å². The second kappa shape index (κ2) is 5.58. The Balaban J connectivity index is 3.46. The Morgan fingerprint density at radius 3 is 2.17 bits per heavy atom. The van der Waals surface area contributed by atoms with Crippen molar-refractivity contribution >= 4 is 9.84 Å². The molecule has 0 amide bonds. The van der Waals surface area contributed by atoms with Crippen molar-refractivity contribution in [3.05, 3.63) is 17.7 Å². The monoisotopic (exact) mass is 274 g/mol. The smallest absolute Gasteiger partial charge is 0.179 e. The van der Waals surface area contributed by atoms with Crippen molar-refractivity contribution in [3.8, 4) is 11.5 Å². The average Bonchev–Trinajstić information content (AvgIpc) is 2.25. The fourth-order valence-corrected chi connectivity index (χ4v) is 2.60. The molecule has 0 aliphatic rings. The Labute approximate surface area is 107 Å². The van der Waals surface area contributed by atoms with Gasteiger partial charge in [-0.05, 0) is 13.0 Å².